The van der Waals surface area contributed by atoms with Gasteiger partial charge in [-0.15, -0.1) is 0 Å². The number of benzene rings is 5. The molecule has 5 N–H and O–H groups in total. The second kappa shape index (κ2) is 19.8. The highest BCUT2D eigenvalue weighted by Gasteiger charge is 2.13. The first-order valence-electron chi connectivity index (χ1n) is 17.8. The third-order valence-electron chi connectivity index (χ3n) is 8.21. The zero-order valence-electron chi connectivity index (χ0n) is 31.9. The SMILES string of the molecule is CC(O)CNCc1ccc(-c2ccc3ncnc(Nc4ccc(Oc5ccccc5F)c(Cl)c4)c3c2)o1.Cc1ccc(S(=O)(=O)O)cc1.Cc1ccc(S(=O)(=O)O)cc1. The average Bonchev–Trinajstić information content (AvgIpc) is 3.66. The number of aryl methyl sites for hydroxylation is 2. The monoisotopic (exact) mass is 862 g/mol. The summed E-state index contributed by atoms with van der Waals surface area (Å²) >= 11 is 6.43. The highest BCUT2D eigenvalue weighted by molar-refractivity contribution is 7.86. The zero-order chi connectivity index (χ0) is 42.7. The fourth-order valence-corrected chi connectivity index (χ4v) is 6.39. The lowest BCUT2D eigenvalue weighted by molar-refractivity contribution is 0.190. The molecule has 7 rings (SSSR count). The Morgan fingerprint density at radius 3 is 1.98 bits per heavy atom. The van der Waals surface area contributed by atoms with Crippen molar-refractivity contribution in [2.45, 2.75) is 43.2 Å². The first kappa shape index (κ1) is 44.4. The molecule has 0 radical (unpaired) electrons. The van der Waals surface area contributed by atoms with Crippen LogP contribution in [0.3, 0.4) is 0 Å². The lowest BCUT2D eigenvalue weighted by Crippen LogP contribution is -2.23. The van der Waals surface area contributed by atoms with E-state index >= 15 is 0 Å². The van der Waals surface area contributed by atoms with Crippen molar-refractivity contribution in [2.24, 2.45) is 0 Å². The standard InChI is InChI=1S/C28H24ClFN4O3.2C7H8O3S/c1-17(35)14-31-15-20-8-11-25(36-20)18-6-9-24-21(12-18)28(33-16-32-24)34-19-7-10-26(22(29)13-19)37-27-5-3-2-4-23(27)30;2*1-6-2-4-7(5-3-6)11(8,9)10/h2-13,16-17,31,35H,14-15H2,1H3,(H,32,33,34);2*2-5H,1H3,(H,8,9,10). The van der Waals surface area contributed by atoms with Crippen molar-refractivity contribution in [3.05, 3.63) is 155 Å². The minimum Gasteiger partial charge on any atom is -0.460 e. The minimum absolute atomic E-state index is 0.0666. The predicted molar refractivity (Wildman–Crippen MR) is 224 cm³/mol. The second-order valence-electron chi connectivity index (χ2n) is 13.1. The summed E-state index contributed by atoms with van der Waals surface area (Å²) in [7, 11) is -8.04. The van der Waals surface area contributed by atoms with Crippen LogP contribution in [-0.2, 0) is 26.8 Å². The van der Waals surface area contributed by atoms with Crippen LogP contribution in [0.2, 0.25) is 5.02 Å². The van der Waals surface area contributed by atoms with Gasteiger partial charge in [-0.2, -0.15) is 16.8 Å². The fourth-order valence-electron chi connectivity index (χ4n) is 5.21. The second-order valence-corrected chi connectivity index (χ2v) is 16.3. The number of furan rings is 1. The summed E-state index contributed by atoms with van der Waals surface area (Å²) in [4.78, 5) is 8.66. The summed E-state index contributed by atoms with van der Waals surface area (Å²) in [5.74, 6) is 2.04. The molecule has 0 fully saturated rings. The van der Waals surface area contributed by atoms with E-state index < -0.39 is 32.2 Å². The van der Waals surface area contributed by atoms with Crippen molar-refractivity contribution in [3.63, 3.8) is 0 Å². The number of aliphatic hydroxyl groups excluding tert-OH is 1. The Hall–Kier alpha value is -5.72. The number of para-hydroxylation sites is 1. The van der Waals surface area contributed by atoms with Crippen molar-refractivity contribution >= 4 is 54.2 Å². The quantitative estimate of drug-likeness (QED) is 0.0772. The molecule has 0 aliphatic carbocycles. The van der Waals surface area contributed by atoms with Crippen molar-refractivity contribution in [3.8, 4) is 22.8 Å². The van der Waals surface area contributed by atoms with E-state index in [4.69, 9.17) is 29.9 Å². The van der Waals surface area contributed by atoms with E-state index in [-0.39, 0.29) is 15.5 Å². The number of nitrogens with one attached hydrogen (secondary N) is 2. The van der Waals surface area contributed by atoms with Crippen molar-refractivity contribution in [1.29, 1.82) is 0 Å². The summed E-state index contributed by atoms with van der Waals surface area (Å²) in [5.41, 5.74) is 4.23. The molecule has 0 aliphatic heterocycles. The Kier molecular flexibility index (Phi) is 14.9. The topological polar surface area (TPSA) is 201 Å². The number of ether oxygens (including phenoxy) is 1. The molecule has 59 heavy (non-hydrogen) atoms. The first-order chi connectivity index (χ1) is 28.0. The first-order valence-corrected chi connectivity index (χ1v) is 21.0. The Morgan fingerprint density at radius 1 is 0.780 bits per heavy atom. The summed E-state index contributed by atoms with van der Waals surface area (Å²) < 4.78 is 84.7. The van der Waals surface area contributed by atoms with Gasteiger partial charge < -0.3 is 24.9 Å². The maximum atomic E-state index is 13.9. The van der Waals surface area contributed by atoms with Crippen molar-refractivity contribution in [1.82, 2.24) is 15.3 Å². The van der Waals surface area contributed by atoms with E-state index in [0.717, 1.165) is 33.4 Å². The number of hydrogen-bond acceptors (Lipinski definition) is 11. The molecular weight excluding hydrogens is 823 g/mol. The molecule has 0 bridgehead atoms. The highest BCUT2D eigenvalue weighted by Crippen LogP contribution is 2.35. The van der Waals surface area contributed by atoms with Gasteiger partial charge in [-0.05, 0) is 106 Å². The van der Waals surface area contributed by atoms with Crippen LogP contribution in [0.1, 0.15) is 23.8 Å². The van der Waals surface area contributed by atoms with Crippen LogP contribution in [0, 0.1) is 19.7 Å². The van der Waals surface area contributed by atoms with E-state index in [2.05, 4.69) is 20.6 Å². The van der Waals surface area contributed by atoms with Gasteiger partial charge in [-0.1, -0.05) is 59.1 Å². The lowest BCUT2D eigenvalue weighted by atomic mass is 10.1. The Balaban J connectivity index is 0.000000244. The van der Waals surface area contributed by atoms with Gasteiger partial charge in [0.05, 0.1) is 33.0 Å². The molecule has 0 saturated heterocycles. The van der Waals surface area contributed by atoms with Crippen LogP contribution in [0.25, 0.3) is 22.2 Å². The third-order valence-corrected chi connectivity index (χ3v) is 10.2. The van der Waals surface area contributed by atoms with Crippen LogP contribution < -0.4 is 15.4 Å². The number of nitrogens with zero attached hydrogens (tertiary/aromatic N) is 2. The molecule has 13 nitrogen and oxygen atoms in total. The summed E-state index contributed by atoms with van der Waals surface area (Å²) in [6.45, 7) is 6.41. The minimum atomic E-state index is -4.02. The molecular formula is C42H40ClFN4O9S2. The van der Waals surface area contributed by atoms with Gasteiger partial charge in [0.15, 0.2) is 11.6 Å². The summed E-state index contributed by atoms with van der Waals surface area (Å²) in [6, 6.07) is 32.9. The molecule has 0 aliphatic rings. The molecule has 5 aromatic carbocycles. The maximum absolute atomic E-state index is 13.9. The van der Waals surface area contributed by atoms with Crippen molar-refractivity contribution in [2.75, 3.05) is 11.9 Å². The number of hydrogen-bond donors (Lipinski definition) is 5. The normalized spacial score (nSPS) is 11.8. The van der Waals surface area contributed by atoms with E-state index in [1.165, 1.54) is 42.7 Å². The third kappa shape index (κ3) is 13.1. The Morgan fingerprint density at radius 2 is 1.41 bits per heavy atom. The highest BCUT2D eigenvalue weighted by atomic mass is 35.5. The molecule has 0 amide bonds. The van der Waals surface area contributed by atoms with Gasteiger partial charge >= 0.3 is 0 Å². The Labute approximate surface area is 346 Å². The number of anilines is 2. The number of aromatic nitrogens is 2. The van der Waals surface area contributed by atoms with Gasteiger partial charge in [0.2, 0.25) is 0 Å². The number of aliphatic hydroxyl groups is 1. The van der Waals surface area contributed by atoms with Crippen LogP contribution in [0.4, 0.5) is 15.9 Å². The zero-order valence-corrected chi connectivity index (χ0v) is 34.3. The van der Waals surface area contributed by atoms with Crippen LogP contribution in [-0.4, -0.2) is 53.7 Å². The largest absolute Gasteiger partial charge is 0.460 e. The molecule has 2 aromatic heterocycles. The number of fused-ring (bicyclic) bond motifs is 1. The fraction of sp³-hybridized carbons (Fsp3) is 0.143. The summed E-state index contributed by atoms with van der Waals surface area (Å²) in [6.07, 6.45) is 1.06. The van der Waals surface area contributed by atoms with E-state index in [9.17, 15) is 26.3 Å². The smallest absolute Gasteiger partial charge is 0.294 e. The molecule has 0 saturated carbocycles. The van der Waals surface area contributed by atoms with Gasteiger partial charge in [-0.3, -0.25) is 9.11 Å². The van der Waals surface area contributed by atoms with Crippen molar-refractivity contribution < 1.29 is 44.6 Å². The van der Waals surface area contributed by atoms with E-state index in [1.807, 2.05) is 44.2 Å². The molecule has 2 heterocycles. The molecule has 308 valence electrons. The van der Waals surface area contributed by atoms with Gasteiger partial charge in [-0.25, -0.2) is 14.4 Å². The molecule has 1 atom stereocenters. The molecule has 7 aromatic rings. The predicted octanol–water partition coefficient (Wildman–Crippen LogP) is 9.17. The molecule has 1 unspecified atom stereocenters. The van der Waals surface area contributed by atoms with E-state index in [1.54, 1.807) is 61.5 Å². The molecule has 17 heteroatoms. The summed E-state index contributed by atoms with van der Waals surface area (Å²) in [5, 5.41) is 17.0. The molecule has 0 spiro atoms. The van der Waals surface area contributed by atoms with E-state index in [0.29, 0.717) is 41.1 Å². The van der Waals surface area contributed by atoms with Crippen LogP contribution in [0.15, 0.2) is 142 Å². The lowest BCUT2D eigenvalue weighted by Gasteiger charge is -2.12. The van der Waals surface area contributed by atoms with Gasteiger partial charge in [0.25, 0.3) is 20.2 Å². The van der Waals surface area contributed by atoms with Crippen LogP contribution in [0.5, 0.6) is 11.5 Å². The van der Waals surface area contributed by atoms with Gasteiger partial charge in [0, 0.05) is 23.2 Å². The average molecular weight is 863 g/mol. The number of rotatable bonds is 11. The van der Waals surface area contributed by atoms with Crippen LogP contribution >= 0.6 is 11.6 Å². The number of halogens is 2. The maximum Gasteiger partial charge on any atom is 0.294 e. The van der Waals surface area contributed by atoms with Gasteiger partial charge in [0.1, 0.15) is 29.4 Å². The Bertz CT molecular complexity index is 2660.